The number of piperidine rings is 1. The van der Waals surface area contributed by atoms with E-state index in [0.29, 0.717) is 6.54 Å². The zero-order valence-electron chi connectivity index (χ0n) is 21.1. The first-order valence-corrected chi connectivity index (χ1v) is 11.7. The summed E-state index contributed by atoms with van der Waals surface area (Å²) in [6.07, 6.45) is -1.19. The Bertz CT molecular complexity index is 1080. The number of hydrogen-bond donors (Lipinski definition) is 2. The number of amides is 1. The SMILES string of the molecule is CC1N(Cc2cccnc2)C(=O)COC12CCN(Cc1ccoc1)CC2.O=C(O)C(F)(F)F.O=C(O)C(F)(F)F. The number of rotatable bonds is 4. The van der Waals surface area contributed by atoms with E-state index < -0.39 is 24.3 Å². The van der Waals surface area contributed by atoms with Gasteiger partial charge in [0.2, 0.25) is 5.91 Å². The topological polar surface area (TPSA) is 133 Å². The predicted octanol–water partition coefficient (Wildman–Crippen LogP) is 3.72. The third-order valence-corrected chi connectivity index (χ3v) is 6.28. The summed E-state index contributed by atoms with van der Waals surface area (Å²) in [6.45, 7) is 5.72. The first kappa shape index (κ1) is 32.6. The molecule has 0 radical (unpaired) electrons. The van der Waals surface area contributed by atoms with Gasteiger partial charge < -0.3 is 24.3 Å². The van der Waals surface area contributed by atoms with Crippen molar-refractivity contribution < 1.29 is 60.1 Å². The van der Waals surface area contributed by atoms with Crippen molar-refractivity contribution in [2.24, 2.45) is 0 Å². The van der Waals surface area contributed by atoms with Crippen LogP contribution in [0.15, 0.2) is 47.5 Å². The van der Waals surface area contributed by atoms with Crippen LogP contribution in [0.1, 0.15) is 30.9 Å². The molecule has 2 aliphatic rings. The minimum atomic E-state index is -5.08. The summed E-state index contributed by atoms with van der Waals surface area (Å²) in [5.41, 5.74) is 2.01. The smallest absolute Gasteiger partial charge is 0.475 e. The van der Waals surface area contributed by atoms with Crippen LogP contribution in [0.3, 0.4) is 0 Å². The van der Waals surface area contributed by atoms with Crippen molar-refractivity contribution in [3.63, 3.8) is 0 Å². The molecule has 2 aromatic heterocycles. The van der Waals surface area contributed by atoms with Gasteiger partial charge in [0.1, 0.15) is 6.61 Å². The number of halogens is 6. The van der Waals surface area contributed by atoms with Gasteiger partial charge in [-0.2, -0.15) is 26.3 Å². The summed E-state index contributed by atoms with van der Waals surface area (Å²) in [4.78, 5) is 38.8. The lowest BCUT2D eigenvalue weighted by atomic mass is 9.82. The van der Waals surface area contributed by atoms with E-state index in [-0.39, 0.29) is 24.2 Å². The lowest BCUT2D eigenvalue weighted by Crippen LogP contribution is -2.63. The van der Waals surface area contributed by atoms with E-state index in [0.717, 1.165) is 38.0 Å². The second-order valence-electron chi connectivity index (χ2n) is 8.93. The van der Waals surface area contributed by atoms with Gasteiger partial charge in [0.25, 0.3) is 0 Å². The molecule has 2 N–H and O–H groups in total. The number of aromatic nitrogens is 1. The third kappa shape index (κ3) is 9.51. The highest BCUT2D eigenvalue weighted by molar-refractivity contribution is 5.78. The molecule has 0 saturated carbocycles. The number of morpholine rings is 1. The molecule has 4 heterocycles. The molecule has 1 atom stereocenters. The van der Waals surface area contributed by atoms with Crippen LogP contribution in [0.25, 0.3) is 0 Å². The molecule has 1 unspecified atom stereocenters. The molecule has 0 bridgehead atoms. The van der Waals surface area contributed by atoms with Gasteiger partial charge in [-0.1, -0.05) is 6.07 Å². The van der Waals surface area contributed by atoms with Crippen molar-refractivity contribution in [1.82, 2.24) is 14.8 Å². The number of pyridine rings is 1. The fraction of sp³-hybridized carbons (Fsp3) is 0.500. The summed E-state index contributed by atoms with van der Waals surface area (Å²) >= 11 is 0. The number of likely N-dealkylation sites (tertiary alicyclic amines) is 1. The monoisotopic (exact) mass is 583 g/mol. The first-order valence-electron chi connectivity index (χ1n) is 11.7. The molecule has 10 nitrogen and oxygen atoms in total. The average molecular weight is 583 g/mol. The summed E-state index contributed by atoms with van der Waals surface area (Å²) in [5.74, 6) is -5.45. The number of alkyl halides is 6. The molecule has 2 aliphatic heterocycles. The molecule has 0 aromatic carbocycles. The zero-order valence-corrected chi connectivity index (χ0v) is 21.1. The van der Waals surface area contributed by atoms with Gasteiger partial charge in [0.05, 0.1) is 24.2 Å². The van der Waals surface area contributed by atoms with E-state index in [1.807, 2.05) is 29.3 Å². The number of ether oxygens (including phenoxy) is 1. The number of carboxylic acids is 2. The van der Waals surface area contributed by atoms with E-state index in [9.17, 15) is 31.1 Å². The van der Waals surface area contributed by atoms with Crippen LogP contribution in [-0.2, 0) is 32.2 Å². The minimum Gasteiger partial charge on any atom is -0.475 e. The van der Waals surface area contributed by atoms with Gasteiger partial charge in [-0.05, 0) is 37.5 Å². The van der Waals surface area contributed by atoms with Crippen molar-refractivity contribution in [1.29, 1.82) is 0 Å². The number of furan rings is 1. The summed E-state index contributed by atoms with van der Waals surface area (Å²) in [7, 11) is 0. The van der Waals surface area contributed by atoms with E-state index in [1.54, 1.807) is 18.7 Å². The molecule has 0 aliphatic carbocycles. The number of nitrogens with zero attached hydrogens (tertiary/aromatic N) is 3. The molecule has 2 aromatic rings. The number of carbonyl (C=O) groups excluding carboxylic acids is 1. The Kier molecular flexibility index (Phi) is 11.1. The number of hydrogen-bond acceptors (Lipinski definition) is 7. The van der Waals surface area contributed by atoms with E-state index in [4.69, 9.17) is 29.0 Å². The molecule has 1 spiro atoms. The van der Waals surface area contributed by atoms with Crippen LogP contribution in [0.4, 0.5) is 26.3 Å². The molecular weight excluding hydrogens is 556 g/mol. The Hall–Kier alpha value is -3.66. The molecular formula is C24H27F6N3O7. The van der Waals surface area contributed by atoms with Crippen LogP contribution in [0.5, 0.6) is 0 Å². The molecule has 16 heteroatoms. The maximum Gasteiger partial charge on any atom is 0.490 e. The van der Waals surface area contributed by atoms with Gasteiger partial charge in [-0.15, -0.1) is 0 Å². The molecule has 2 saturated heterocycles. The fourth-order valence-corrected chi connectivity index (χ4v) is 4.12. The average Bonchev–Trinajstić information content (AvgIpc) is 3.39. The highest BCUT2D eigenvalue weighted by atomic mass is 19.4. The molecule has 1 amide bonds. The minimum absolute atomic E-state index is 0.0556. The summed E-state index contributed by atoms with van der Waals surface area (Å²) in [6, 6.07) is 6.00. The van der Waals surface area contributed by atoms with Gasteiger partial charge >= 0.3 is 24.3 Å². The summed E-state index contributed by atoms with van der Waals surface area (Å²) < 4.78 is 74.8. The maximum atomic E-state index is 12.5. The number of carboxylic acid groups (broad SMARTS) is 2. The van der Waals surface area contributed by atoms with E-state index >= 15 is 0 Å². The lowest BCUT2D eigenvalue weighted by Gasteiger charge is -2.51. The number of carbonyl (C=O) groups is 3. The van der Waals surface area contributed by atoms with Gasteiger partial charge in [-0.3, -0.25) is 14.7 Å². The van der Waals surface area contributed by atoms with E-state index in [2.05, 4.69) is 16.8 Å². The fourth-order valence-electron chi connectivity index (χ4n) is 4.12. The Labute approximate surface area is 224 Å². The van der Waals surface area contributed by atoms with Crippen molar-refractivity contribution in [3.8, 4) is 0 Å². The Morgan fingerprint density at radius 3 is 2.05 bits per heavy atom. The van der Waals surface area contributed by atoms with Crippen LogP contribution in [0.2, 0.25) is 0 Å². The molecule has 222 valence electrons. The Morgan fingerprint density at radius 2 is 1.60 bits per heavy atom. The highest BCUT2D eigenvalue weighted by Crippen LogP contribution is 2.36. The number of aliphatic carboxylic acids is 2. The molecule has 40 heavy (non-hydrogen) atoms. The first-order chi connectivity index (χ1) is 18.5. The van der Waals surface area contributed by atoms with Crippen molar-refractivity contribution in [2.75, 3.05) is 19.7 Å². The van der Waals surface area contributed by atoms with E-state index in [1.165, 1.54) is 5.56 Å². The van der Waals surface area contributed by atoms with Gasteiger partial charge in [-0.25, -0.2) is 9.59 Å². The van der Waals surface area contributed by atoms with Crippen LogP contribution < -0.4 is 0 Å². The Morgan fingerprint density at radius 1 is 1.02 bits per heavy atom. The van der Waals surface area contributed by atoms with Crippen molar-refractivity contribution in [3.05, 3.63) is 54.2 Å². The lowest BCUT2D eigenvalue weighted by molar-refractivity contribution is -0.193. The normalized spacial score (nSPS) is 19.2. The summed E-state index contributed by atoms with van der Waals surface area (Å²) in [5, 5.41) is 14.2. The molecule has 4 rings (SSSR count). The second kappa shape index (κ2) is 13.6. The Balaban J connectivity index is 0.000000333. The quantitative estimate of drug-likeness (QED) is 0.517. The van der Waals surface area contributed by atoms with Gasteiger partial charge in [0.15, 0.2) is 0 Å². The standard InChI is InChI=1S/C20H25N3O3.2C2HF3O2/c1-16-20(5-8-22(9-6-20)12-18-4-10-25-14-18)26-15-19(24)23(16)13-17-3-2-7-21-11-17;2*3-2(4,5)1(6)7/h2-4,7,10-11,14,16H,5-6,8-9,12-13,15H2,1H3;2*(H,6,7). The molecule has 2 fully saturated rings. The largest absolute Gasteiger partial charge is 0.490 e. The highest BCUT2D eigenvalue weighted by Gasteiger charge is 2.48. The van der Waals surface area contributed by atoms with Crippen LogP contribution in [0, 0.1) is 0 Å². The van der Waals surface area contributed by atoms with Crippen molar-refractivity contribution in [2.45, 2.75) is 56.9 Å². The van der Waals surface area contributed by atoms with Crippen LogP contribution >= 0.6 is 0 Å². The maximum absolute atomic E-state index is 12.5. The third-order valence-electron chi connectivity index (χ3n) is 6.28. The van der Waals surface area contributed by atoms with Crippen molar-refractivity contribution >= 4 is 17.8 Å². The second-order valence-corrected chi connectivity index (χ2v) is 8.93. The predicted molar refractivity (Wildman–Crippen MR) is 124 cm³/mol. The zero-order chi connectivity index (χ0) is 30.1. The van der Waals surface area contributed by atoms with Crippen LogP contribution in [-0.4, -0.2) is 86.5 Å². The van der Waals surface area contributed by atoms with Gasteiger partial charge in [0, 0.05) is 44.1 Å².